The number of nitrogens with one attached hydrogen (secondary N) is 1. The van der Waals surface area contributed by atoms with Gasteiger partial charge < -0.3 is 9.72 Å². The van der Waals surface area contributed by atoms with Crippen LogP contribution in [0.5, 0.6) is 0 Å². The van der Waals surface area contributed by atoms with Crippen LogP contribution in [0.3, 0.4) is 0 Å². The molecule has 1 atom stereocenters. The van der Waals surface area contributed by atoms with Gasteiger partial charge in [-0.3, -0.25) is 4.79 Å². The third-order valence-electron chi connectivity index (χ3n) is 3.44. The van der Waals surface area contributed by atoms with E-state index in [0.717, 1.165) is 37.2 Å². The van der Waals surface area contributed by atoms with E-state index in [1.807, 2.05) is 18.2 Å². The lowest BCUT2D eigenvalue weighted by atomic mass is 10.1. The predicted molar refractivity (Wildman–Crippen MR) is 81.1 cm³/mol. The number of para-hydroxylation sites is 1. The molecule has 1 heterocycles. The van der Waals surface area contributed by atoms with Gasteiger partial charge in [0.05, 0.1) is 10.9 Å². The number of fused-ring (bicyclic) bond motifs is 1. The van der Waals surface area contributed by atoms with Gasteiger partial charge in [0.1, 0.15) is 5.82 Å². The highest BCUT2D eigenvalue weighted by Gasteiger charge is 2.10. The van der Waals surface area contributed by atoms with Crippen molar-refractivity contribution in [2.24, 2.45) is 0 Å². The molecule has 0 amide bonds. The molecule has 2 aromatic rings. The number of benzene rings is 1. The Morgan fingerprint density at radius 1 is 1.30 bits per heavy atom. The molecule has 20 heavy (non-hydrogen) atoms. The number of aromatic amines is 1. The number of rotatable bonds is 7. The molecule has 1 N–H and O–H groups in total. The first-order chi connectivity index (χ1) is 9.72. The molecule has 1 aromatic carbocycles. The van der Waals surface area contributed by atoms with Gasteiger partial charge in [0.15, 0.2) is 0 Å². The molecule has 4 nitrogen and oxygen atoms in total. The van der Waals surface area contributed by atoms with Crippen LogP contribution in [0.25, 0.3) is 10.9 Å². The minimum atomic E-state index is -0.0654. The van der Waals surface area contributed by atoms with E-state index in [4.69, 9.17) is 4.74 Å². The van der Waals surface area contributed by atoms with Gasteiger partial charge >= 0.3 is 0 Å². The molecule has 0 aliphatic rings. The zero-order chi connectivity index (χ0) is 14.4. The second-order valence-corrected chi connectivity index (χ2v) is 5.12. The van der Waals surface area contributed by atoms with Gasteiger partial charge in [-0.25, -0.2) is 4.98 Å². The van der Waals surface area contributed by atoms with Gasteiger partial charge in [-0.1, -0.05) is 32.4 Å². The lowest BCUT2D eigenvalue weighted by Gasteiger charge is -2.11. The Kier molecular flexibility index (Phi) is 5.30. The quantitative estimate of drug-likeness (QED) is 0.789. The molecule has 0 spiro atoms. The van der Waals surface area contributed by atoms with Crippen molar-refractivity contribution < 1.29 is 4.74 Å². The number of hydrogen-bond acceptors (Lipinski definition) is 3. The standard InChI is InChI=1S/C16H22N2O2/c1-3-4-10-20-11-9-12(2)15-17-14-8-6-5-7-13(14)16(19)18-15/h5-8,12H,3-4,9-11H2,1-2H3,(H,17,18,19). The third kappa shape index (κ3) is 3.67. The van der Waals surface area contributed by atoms with E-state index >= 15 is 0 Å². The van der Waals surface area contributed by atoms with Crippen molar-refractivity contribution in [2.45, 2.75) is 39.0 Å². The number of nitrogens with zero attached hydrogens (tertiary/aromatic N) is 1. The minimum absolute atomic E-state index is 0.0654. The molecule has 2 rings (SSSR count). The molecule has 0 fully saturated rings. The Labute approximate surface area is 119 Å². The van der Waals surface area contributed by atoms with Crippen LogP contribution in [-0.4, -0.2) is 23.2 Å². The Hall–Kier alpha value is -1.68. The summed E-state index contributed by atoms with van der Waals surface area (Å²) in [6.07, 6.45) is 3.11. The number of H-pyrrole nitrogens is 1. The van der Waals surface area contributed by atoms with E-state index < -0.39 is 0 Å². The highest BCUT2D eigenvalue weighted by atomic mass is 16.5. The average Bonchev–Trinajstić information content (AvgIpc) is 2.47. The summed E-state index contributed by atoms with van der Waals surface area (Å²) in [4.78, 5) is 19.4. The van der Waals surface area contributed by atoms with Crippen molar-refractivity contribution in [1.82, 2.24) is 9.97 Å². The fourth-order valence-electron chi connectivity index (χ4n) is 2.08. The van der Waals surface area contributed by atoms with E-state index in [-0.39, 0.29) is 11.5 Å². The van der Waals surface area contributed by atoms with E-state index in [9.17, 15) is 4.79 Å². The van der Waals surface area contributed by atoms with Crippen molar-refractivity contribution in [3.8, 4) is 0 Å². The Morgan fingerprint density at radius 2 is 2.10 bits per heavy atom. The molecule has 0 aliphatic heterocycles. The molecule has 0 radical (unpaired) electrons. The lowest BCUT2D eigenvalue weighted by Crippen LogP contribution is -2.14. The molecule has 0 aliphatic carbocycles. The lowest BCUT2D eigenvalue weighted by molar-refractivity contribution is 0.124. The van der Waals surface area contributed by atoms with Crippen molar-refractivity contribution >= 4 is 10.9 Å². The summed E-state index contributed by atoms with van der Waals surface area (Å²) in [6.45, 7) is 5.73. The van der Waals surface area contributed by atoms with Crippen LogP contribution in [-0.2, 0) is 4.74 Å². The van der Waals surface area contributed by atoms with Crippen molar-refractivity contribution in [3.63, 3.8) is 0 Å². The molecule has 0 saturated carbocycles. The molecule has 108 valence electrons. The molecular formula is C16H22N2O2. The van der Waals surface area contributed by atoms with E-state index in [2.05, 4.69) is 23.8 Å². The second kappa shape index (κ2) is 7.20. The van der Waals surface area contributed by atoms with E-state index in [1.165, 1.54) is 0 Å². The fraction of sp³-hybridized carbons (Fsp3) is 0.500. The van der Waals surface area contributed by atoms with Gasteiger partial charge in [-0.15, -0.1) is 0 Å². The zero-order valence-electron chi connectivity index (χ0n) is 12.2. The van der Waals surface area contributed by atoms with Gasteiger partial charge in [-0.05, 0) is 25.0 Å². The number of hydrogen-bond donors (Lipinski definition) is 1. The van der Waals surface area contributed by atoms with Crippen LogP contribution in [0.15, 0.2) is 29.1 Å². The maximum atomic E-state index is 12.0. The largest absolute Gasteiger partial charge is 0.381 e. The third-order valence-corrected chi connectivity index (χ3v) is 3.44. The summed E-state index contributed by atoms with van der Waals surface area (Å²) >= 11 is 0. The van der Waals surface area contributed by atoms with Crippen molar-refractivity contribution in [1.29, 1.82) is 0 Å². The van der Waals surface area contributed by atoms with Crippen molar-refractivity contribution in [3.05, 3.63) is 40.4 Å². The summed E-state index contributed by atoms with van der Waals surface area (Å²) in [5, 5.41) is 0.641. The van der Waals surface area contributed by atoms with Gasteiger partial charge in [-0.2, -0.15) is 0 Å². The summed E-state index contributed by atoms with van der Waals surface area (Å²) in [6, 6.07) is 7.42. The summed E-state index contributed by atoms with van der Waals surface area (Å²) in [5.74, 6) is 0.932. The first kappa shape index (κ1) is 14.7. The number of unbranched alkanes of at least 4 members (excludes halogenated alkanes) is 1. The maximum absolute atomic E-state index is 12.0. The molecular weight excluding hydrogens is 252 g/mol. The smallest absolute Gasteiger partial charge is 0.258 e. The zero-order valence-corrected chi connectivity index (χ0v) is 12.2. The van der Waals surface area contributed by atoms with Crippen LogP contribution < -0.4 is 5.56 Å². The van der Waals surface area contributed by atoms with Crippen LogP contribution in [0.4, 0.5) is 0 Å². The van der Waals surface area contributed by atoms with Crippen LogP contribution in [0, 0.1) is 0 Å². The van der Waals surface area contributed by atoms with Crippen molar-refractivity contribution in [2.75, 3.05) is 13.2 Å². The second-order valence-electron chi connectivity index (χ2n) is 5.12. The summed E-state index contributed by atoms with van der Waals surface area (Å²) in [7, 11) is 0. The molecule has 0 bridgehead atoms. The highest BCUT2D eigenvalue weighted by molar-refractivity contribution is 5.77. The normalized spacial score (nSPS) is 12.7. The highest BCUT2D eigenvalue weighted by Crippen LogP contribution is 2.16. The predicted octanol–water partition coefficient (Wildman–Crippen LogP) is 3.23. The topological polar surface area (TPSA) is 55.0 Å². The maximum Gasteiger partial charge on any atom is 0.258 e. The Balaban J connectivity index is 2.03. The van der Waals surface area contributed by atoms with Gasteiger partial charge in [0.2, 0.25) is 0 Å². The summed E-state index contributed by atoms with van der Waals surface area (Å²) < 4.78 is 5.56. The van der Waals surface area contributed by atoms with Crippen LogP contribution >= 0.6 is 0 Å². The molecule has 1 unspecified atom stereocenters. The van der Waals surface area contributed by atoms with Crippen LogP contribution in [0.1, 0.15) is 44.9 Å². The number of ether oxygens (including phenoxy) is 1. The SMILES string of the molecule is CCCCOCCC(C)c1nc2ccccc2c(=O)[nH]1. The van der Waals surface area contributed by atoms with E-state index in [1.54, 1.807) is 6.07 Å². The summed E-state index contributed by atoms with van der Waals surface area (Å²) in [5.41, 5.74) is 0.689. The number of aromatic nitrogens is 2. The van der Waals surface area contributed by atoms with Gasteiger partial charge in [0.25, 0.3) is 5.56 Å². The van der Waals surface area contributed by atoms with Crippen LogP contribution in [0.2, 0.25) is 0 Å². The van der Waals surface area contributed by atoms with Gasteiger partial charge in [0, 0.05) is 19.1 Å². The monoisotopic (exact) mass is 274 g/mol. The Morgan fingerprint density at radius 3 is 2.90 bits per heavy atom. The first-order valence-electron chi connectivity index (χ1n) is 7.29. The molecule has 0 saturated heterocycles. The average molecular weight is 274 g/mol. The Bertz CT molecular complexity index is 607. The molecule has 1 aromatic heterocycles. The molecule has 4 heteroatoms. The fourth-order valence-corrected chi connectivity index (χ4v) is 2.08. The van der Waals surface area contributed by atoms with E-state index in [0.29, 0.717) is 12.0 Å². The minimum Gasteiger partial charge on any atom is -0.381 e. The first-order valence-corrected chi connectivity index (χ1v) is 7.29.